The number of ether oxygens (including phenoxy) is 2. The minimum atomic E-state index is -4.93. The Bertz CT molecular complexity index is 1180. The van der Waals surface area contributed by atoms with Crippen LogP contribution in [0, 0.1) is 0 Å². The SMILES string of the molecule is CN(C)Cc1c(O)ccc2c(=O)c(-c3ccc4c(c3)OCCO4)c(C(F)(F)F)oc12. The van der Waals surface area contributed by atoms with Crippen molar-refractivity contribution in [2.45, 2.75) is 12.7 Å². The van der Waals surface area contributed by atoms with Crippen LogP contribution in [0.25, 0.3) is 22.1 Å². The van der Waals surface area contributed by atoms with Crippen LogP contribution >= 0.6 is 0 Å². The third kappa shape index (κ3) is 3.45. The van der Waals surface area contributed by atoms with Gasteiger partial charge >= 0.3 is 6.18 Å². The molecule has 2 heterocycles. The minimum absolute atomic E-state index is 0.00413. The molecule has 6 nitrogen and oxygen atoms in total. The summed E-state index contributed by atoms with van der Waals surface area (Å²) >= 11 is 0. The maximum atomic E-state index is 13.9. The van der Waals surface area contributed by atoms with Gasteiger partial charge in [-0.15, -0.1) is 0 Å². The van der Waals surface area contributed by atoms with E-state index >= 15 is 0 Å². The average Bonchev–Trinajstić information content (AvgIpc) is 2.68. The third-order valence-corrected chi connectivity index (χ3v) is 4.70. The summed E-state index contributed by atoms with van der Waals surface area (Å²) in [5, 5.41) is 10.1. The molecule has 9 heteroatoms. The van der Waals surface area contributed by atoms with Crippen molar-refractivity contribution in [1.29, 1.82) is 0 Å². The normalized spacial score (nSPS) is 13.8. The number of benzene rings is 2. The monoisotopic (exact) mass is 421 g/mol. The van der Waals surface area contributed by atoms with Gasteiger partial charge in [-0.2, -0.15) is 13.2 Å². The first-order chi connectivity index (χ1) is 14.2. The molecule has 158 valence electrons. The molecule has 0 bridgehead atoms. The van der Waals surface area contributed by atoms with Gasteiger partial charge in [-0.3, -0.25) is 4.79 Å². The number of nitrogens with zero attached hydrogens (tertiary/aromatic N) is 1. The summed E-state index contributed by atoms with van der Waals surface area (Å²) < 4.78 is 57.8. The largest absolute Gasteiger partial charge is 0.507 e. The molecule has 0 saturated carbocycles. The molecule has 4 rings (SSSR count). The van der Waals surface area contributed by atoms with Crippen molar-refractivity contribution in [3.05, 3.63) is 51.9 Å². The molecule has 1 aliphatic heterocycles. The zero-order valence-electron chi connectivity index (χ0n) is 16.2. The molecule has 1 N–H and O–H groups in total. The second-order valence-corrected chi connectivity index (χ2v) is 7.17. The predicted molar refractivity (Wildman–Crippen MR) is 103 cm³/mol. The smallest absolute Gasteiger partial charge is 0.450 e. The number of alkyl halides is 3. The summed E-state index contributed by atoms with van der Waals surface area (Å²) in [4.78, 5) is 14.8. The number of rotatable bonds is 3. The quantitative estimate of drug-likeness (QED) is 0.689. The highest BCUT2D eigenvalue weighted by molar-refractivity contribution is 5.87. The van der Waals surface area contributed by atoms with Crippen LogP contribution in [0.3, 0.4) is 0 Å². The van der Waals surface area contributed by atoms with E-state index in [0.29, 0.717) is 12.4 Å². The highest BCUT2D eigenvalue weighted by Crippen LogP contribution is 2.41. The number of hydrogen-bond donors (Lipinski definition) is 1. The number of fused-ring (bicyclic) bond motifs is 2. The van der Waals surface area contributed by atoms with Crippen LogP contribution in [-0.4, -0.2) is 37.3 Å². The summed E-state index contributed by atoms with van der Waals surface area (Å²) in [6.07, 6.45) is -4.93. The van der Waals surface area contributed by atoms with E-state index in [9.17, 15) is 23.1 Å². The Labute approximate surface area is 169 Å². The molecular formula is C21H18F3NO5. The predicted octanol–water partition coefficient (Wildman–Crippen LogP) is 4.02. The van der Waals surface area contributed by atoms with E-state index in [-0.39, 0.29) is 46.7 Å². The fraction of sp³-hybridized carbons (Fsp3) is 0.286. The van der Waals surface area contributed by atoms with E-state index in [1.807, 2.05) is 0 Å². The average molecular weight is 421 g/mol. The van der Waals surface area contributed by atoms with E-state index in [0.717, 1.165) is 0 Å². The summed E-state index contributed by atoms with van der Waals surface area (Å²) in [7, 11) is 3.37. The maximum absolute atomic E-state index is 13.9. The number of phenols is 1. The number of aromatic hydroxyl groups is 1. The molecule has 0 unspecified atom stereocenters. The van der Waals surface area contributed by atoms with E-state index in [1.54, 1.807) is 19.0 Å². The lowest BCUT2D eigenvalue weighted by atomic mass is 9.99. The van der Waals surface area contributed by atoms with Crippen LogP contribution in [-0.2, 0) is 12.7 Å². The molecule has 1 aromatic heterocycles. The van der Waals surface area contributed by atoms with E-state index < -0.39 is 22.9 Å². The fourth-order valence-corrected chi connectivity index (χ4v) is 3.43. The van der Waals surface area contributed by atoms with Gasteiger partial charge in [0.2, 0.25) is 11.2 Å². The standard InChI is InChI=1S/C21H18F3NO5/c1-25(2)10-13-14(26)5-4-12-18(27)17(20(21(22,23)24)30-19(12)13)11-3-6-15-16(9-11)29-8-7-28-15/h3-6,9,26H,7-8,10H2,1-2H3. The zero-order chi connectivity index (χ0) is 21.6. The van der Waals surface area contributed by atoms with Crippen molar-refractivity contribution in [1.82, 2.24) is 4.90 Å². The van der Waals surface area contributed by atoms with Gasteiger partial charge in [0, 0.05) is 6.54 Å². The summed E-state index contributed by atoms with van der Waals surface area (Å²) in [5.41, 5.74) is -1.64. The first-order valence-electron chi connectivity index (χ1n) is 9.10. The van der Waals surface area contributed by atoms with Crippen molar-refractivity contribution >= 4 is 11.0 Å². The second kappa shape index (κ2) is 7.24. The number of hydrogen-bond acceptors (Lipinski definition) is 6. The van der Waals surface area contributed by atoms with Crippen LogP contribution < -0.4 is 14.9 Å². The fourth-order valence-electron chi connectivity index (χ4n) is 3.43. The first kappa shape index (κ1) is 20.1. The molecule has 0 fully saturated rings. The first-order valence-corrected chi connectivity index (χ1v) is 9.10. The van der Waals surface area contributed by atoms with Crippen molar-refractivity contribution in [2.75, 3.05) is 27.3 Å². The Morgan fingerprint density at radius 2 is 1.77 bits per heavy atom. The Kier molecular flexibility index (Phi) is 4.85. The van der Waals surface area contributed by atoms with Gasteiger partial charge in [0.05, 0.1) is 16.5 Å². The summed E-state index contributed by atoms with van der Waals surface area (Å²) in [5.74, 6) is -1.03. The van der Waals surface area contributed by atoms with E-state index in [4.69, 9.17) is 13.9 Å². The number of halogens is 3. The minimum Gasteiger partial charge on any atom is -0.507 e. The van der Waals surface area contributed by atoms with Crippen LogP contribution in [0.1, 0.15) is 11.3 Å². The molecular weight excluding hydrogens is 403 g/mol. The lowest BCUT2D eigenvalue weighted by molar-refractivity contribution is -0.152. The van der Waals surface area contributed by atoms with Gasteiger partial charge < -0.3 is 23.9 Å². The molecule has 0 atom stereocenters. The Morgan fingerprint density at radius 1 is 1.07 bits per heavy atom. The Balaban J connectivity index is 2.04. The zero-order valence-corrected chi connectivity index (χ0v) is 16.2. The molecule has 0 amide bonds. The van der Waals surface area contributed by atoms with Gasteiger partial charge in [-0.05, 0) is 43.9 Å². The Hall–Kier alpha value is -3.20. The molecule has 0 aliphatic carbocycles. The van der Waals surface area contributed by atoms with Crippen LogP contribution in [0.5, 0.6) is 17.2 Å². The molecule has 0 radical (unpaired) electrons. The van der Waals surface area contributed by atoms with Crippen molar-refractivity contribution in [3.63, 3.8) is 0 Å². The highest BCUT2D eigenvalue weighted by atomic mass is 19.4. The molecule has 0 saturated heterocycles. The lowest BCUT2D eigenvalue weighted by Gasteiger charge is -2.20. The summed E-state index contributed by atoms with van der Waals surface area (Å²) in [6, 6.07) is 6.70. The topological polar surface area (TPSA) is 72.1 Å². The lowest BCUT2D eigenvalue weighted by Crippen LogP contribution is -2.18. The second-order valence-electron chi connectivity index (χ2n) is 7.17. The van der Waals surface area contributed by atoms with Crippen molar-refractivity contribution < 1.29 is 32.2 Å². The van der Waals surface area contributed by atoms with Gasteiger partial charge in [0.25, 0.3) is 0 Å². The molecule has 1 aliphatic rings. The van der Waals surface area contributed by atoms with Crippen LogP contribution in [0.15, 0.2) is 39.5 Å². The summed E-state index contributed by atoms with van der Waals surface area (Å²) in [6.45, 7) is 0.672. The molecule has 30 heavy (non-hydrogen) atoms. The van der Waals surface area contributed by atoms with Gasteiger partial charge in [0.15, 0.2) is 11.5 Å². The Morgan fingerprint density at radius 3 is 2.43 bits per heavy atom. The molecule has 0 spiro atoms. The van der Waals surface area contributed by atoms with Gasteiger partial charge in [0.1, 0.15) is 24.5 Å². The third-order valence-electron chi connectivity index (χ3n) is 4.70. The van der Waals surface area contributed by atoms with Crippen LogP contribution in [0.2, 0.25) is 0 Å². The van der Waals surface area contributed by atoms with Gasteiger partial charge in [-0.25, -0.2) is 0 Å². The maximum Gasteiger partial charge on any atom is 0.450 e. The van der Waals surface area contributed by atoms with Crippen molar-refractivity contribution in [3.8, 4) is 28.4 Å². The van der Waals surface area contributed by atoms with Gasteiger partial charge in [-0.1, -0.05) is 6.07 Å². The van der Waals surface area contributed by atoms with Crippen molar-refractivity contribution in [2.24, 2.45) is 0 Å². The van der Waals surface area contributed by atoms with E-state index in [2.05, 4.69) is 0 Å². The van der Waals surface area contributed by atoms with E-state index in [1.165, 1.54) is 30.3 Å². The molecule has 3 aromatic rings. The highest BCUT2D eigenvalue weighted by Gasteiger charge is 2.40. The number of phenolic OH excluding ortho intramolecular Hbond substituents is 1. The van der Waals surface area contributed by atoms with Crippen LogP contribution in [0.4, 0.5) is 13.2 Å². The molecule has 2 aromatic carbocycles.